The first-order chi connectivity index (χ1) is 12.3. The molecular weight excluding hydrogens is 310 g/mol. The Balaban J connectivity index is 1.62. The van der Waals surface area contributed by atoms with Crippen molar-refractivity contribution in [2.45, 2.75) is 49.8 Å². The summed E-state index contributed by atoms with van der Waals surface area (Å²) in [5.41, 5.74) is 2.81. The number of hydrogen-bond acceptors (Lipinski definition) is 2. The van der Waals surface area contributed by atoms with Crippen LogP contribution in [0.5, 0.6) is 0 Å². The normalized spacial score (nSPS) is 28.9. The van der Waals surface area contributed by atoms with Crippen molar-refractivity contribution in [3.05, 3.63) is 71.3 Å². The minimum Gasteiger partial charge on any atom is -0.362 e. The van der Waals surface area contributed by atoms with Gasteiger partial charge in [0.1, 0.15) is 5.60 Å². The van der Waals surface area contributed by atoms with Gasteiger partial charge in [0.2, 0.25) is 0 Å². The maximum absolute atomic E-state index is 13.3. The van der Waals surface area contributed by atoms with Crippen LogP contribution >= 0.6 is 0 Å². The molecule has 3 heteroatoms. The predicted molar refractivity (Wildman–Crippen MR) is 96.3 cm³/mol. The third kappa shape index (κ3) is 2.26. The van der Waals surface area contributed by atoms with Gasteiger partial charge in [-0.25, -0.2) is 0 Å². The maximum Gasteiger partial charge on any atom is 0.255 e. The molecule has 2 aliphatic heterocycles. The van der Waals surface area contributed by atoms with E-state index in [0.717, 1.165) is 24.0 Å². The van der Waals surface area contributed by atoms with E-state index in [9.17, 15) is 4.79 Å². The lowest BCUT2D eigenvalue weighted by molar-refractivity contribution is 0.0407. The SMILES string of the molecule is O=C1c2ccccc2[C@H]([C@]2(c3ccccc3)CO2)N1C1CCCCC1. The van der Waals surface area contributed by atoms with Gasteiger partial charge >= 0.3 is 0 Å². The molecule has 2 aromatic carbocycles. The number of amides is 1. The lowest BCUT2D eigenvalue weighted by Crippen LogP contribution is -2.44. The Bertz CT molecular complexity index is 791. The van der Waals surface area contributed by atoms with E-state index in [2.05, 4.69) is 35.2 Å². The maximum atomic E-state index is 13.3. The molecule has 0 bridgehead atoms. The highest BCUT2D eigenvalue weighted by Crippen LogP contribution is 2.56. The van der Waals surface area contributed by atoms with Crippen LogP contribution in [0.25, 0.3) is 0 Å². The van der Waals surface area contributed by atoms with Gasteiger partial charge in [-0.05, 0) is 30.0 Å². The molecule has 1 amide bonds. The highest BCUT2D eigenvalue weighted by Gasteiger charge is 2.60. The number of epoxide rings is 1. The van der Waals surface area contributed by atoms with E-state index in [1.807, 2.05) is 24.3 Å². The van der Waals surface area contributed by atoms with E-state index in [0.29, 0.717) is 12.6 Å². The molecule has 2 fully saturated rings. The summed E-state index contributed by atoms with van der Waals surface area (Å²) in [6, 6.07) is 18.9. The minimum atomic E-state index is -0.374. The number of rotatable bonds is 3. The van der Waals surface area contributed by atoms with Crippen molar-refractivity contribution in [1.29, 1.82) is 0 Å². The van der Waals surface area contributed by atoms with Gasteiger partial charge in [0, 0.05) is 11.6 Å². The van der Waals surface area contributed by atoms with E-state index in [-0.39, 0.29) is 17.6 Å². The highest BCUT2D eigenvalue weighted by molar-refractivity contribution is 5.99. The molecule has 3 aliphatic rings. The third-order valence-electron chi connectivity index (χ3n) is 6.13. The summed E-state index contributed by atoms with van der Waals surface area (Å²) in [4.78, 5) is 15.5. The Labute approximate surface area is 148 Å². The fraction of sp³-hybridized carbons (Fsp3) is 0.409. The number of benzene rings is 2. The zero-order valence-electron chi connectivity index (χ0n) is 14.4. The van der Waals surface area contributed by atoms with Crippen LogP contribution in [0.1, 0.15) is 59.6 Å². The van der Waals surface area contributed by atoms with Crippen molar-refractivity contribution in [3.63, 3.8) is 0 Å². The fourth-order valence-corrected chi connectivity index (χ4v) is 4.83. The van der Waals surface area contributed by atoms with Gasteiger partial charge in [-0.2, -0.15) is 0 Å². The molecule has 128 valence electrons. The lowest BCUT2D eigenvalue weighted by Gasteiger charge is -2.38. The molecule has 3 nitrogen and oxygen atoms in total. The topological polar surface area (TPSA) is 32.8 Å². The molecule has 0 N–H and O–H groups in total. The summed E-state index contributed by atoms with van der Waals surface area (Å²) in [5, 5.41) is 0. The Kier molecular flexibility index (Phi) is 3.46. The van der Waals surface area contributed by atoms with Crippen LogP contribution in [0.15, 0.2) is 54.6 Å². The van der Waals surface area contributed by atoms with Crippen LogP contribution in [0.2, 0.25) is 0 Å². The first kappa shape index (κ1) is 15.2. The van der Waals surface area contributed by atoms with E-state index in [1.54, 1.807) is 0 Å². The zero-order chi connectivity index (χ0) is 16.9. The van der Waals surface area contributed by atoms with Crippen LogP contribution in [0, 0.1) is 0 Å². The third-order valence-corrected chi connectivity index (χ3v) is 6.13. The molecule has 5 rings (SSSR count). The molecule has 2 atom stereocenters. The van der Waals surface area contributed by atoms with Crippen LogP contribution in [0.3, 0.4) is 0 Å². The number of carbonyl (C=O) groups is 1. The standard InChI is InChI=1S/C22H23NO2/c24-21-19-14-8-7-13-18(19)20(23(21)17-11-5-2-6-12-17)22(15-25-22)16-9-3-1-4-10-16/h1,3-4,7-10,13-14,17,20H,2,5-6,11-12,15H2/t20-,22-/m1/s1. The second-order valence-electron chi connectivity index (χ2n) is 7.54. The second kappa shape index (κ2) is 5.70. The van der Waals surface area contributed by atoms with Crippen molar-refractivity contribution >= 4 is 5.91 Å². The fourth-order valence-electron chi connectivity index (χ4n) is 4.83. The van der Waals surface area contributed by atoms with Gasteiger partial charge in [0.25, 0.3) is 5.91 Å². The van der Waals surface area contributed by atoms with E-state index in [1.165, 1.54) is 24.8 Å². The molecule has 1 saturated heterocycles. The van der Waals surface area contributed by atoms with Crippen molar-refractivity contribution in [2.24, 2.45) is 0 Å². The van der Waals surface area contributed by atoms with E-state index >= 15 is 0 Å². The van der Waals surface area contributed by atoms with Crippen LogP contribution in [0.4, 0.5) is 0 Å². The average molecular weight is 333 g/mol. The van der Waals surface area contributed by atoms with Crippen molar-refractivity contribution in [3.8, 4) is 0 Å². The summed E-state index contributed by atoms with van der Waals surface area (Å²) >= 11 is 0. The average Bonchev–Trinajstić information content (AvgIpc) is 3.43. The summed E-state index contributed by atoms with van der Waals surface area (Å²) in [5.74, 6) is 0.193. The van der Waals surface area contributed by atoms with Gasteiger partial charge in [-0.15, -0.1) is 0 Å². The van der Waals surface area contributed by atoms with Crippen LogP contribution in [-0.4, -0.2) is 23.5 Å². The Morgan fingerprint density at radius 1 is 0.920 bits per heavy atom. The minimum absolute atomic E-state index is 0.00157. The van der Waals surface area contributed by atoms with Gasteiger partial charge in [-0.1, -0.05) is 67.8 Å². The number of nitrogens with zero attached hydrogens (tertiary/aromatic N) is 1. The summed E-state index contributed by atoms with van der Waals surface area (Å²) < 4.78 is 6.10. The summed E-state index contributed by atoms with van der Waals surface area (Å²) in [6.45, 7) is 0.687. The number of fused-ring (bicyclic) bond motifs is 1. The van der Waals surface area contributed by atoms with E-state index in [4.69, 9.17) is 4.74 Å². The molecule has 0 unspecified atom stereocenters. The second-order valence-corrected chi connectivity index (χ2v) is 7.54. The van der Waals surface area contributed by atoms with Crippen molar-refractivity contribution < 1.29 is 9.53 Å². The van der Waals surface area contributed by atoms with Crippen LogP contribution in [-0.2, 0) is 10.3 Å². The quantitative estimate of drug-likeness (QED) is 0.778. The van der Waals surface area contributed by atoms with Gasteiger partial charge in [0.05, 0.1) is 12.6 Å². The Morgan fingerprint density at radius 3 is 2.32 bits per heavy atom. The largest absolute Gasteiger partial charge is 0.362 e. The molecule has 0 aromatic heterocycles. The first-order valence-electron chi connectivity index (χ1n) is 9.42. The molecule has 25 heavy (non-hydrogen) atoms. The predicted octanol–water partition coefficient (Wildman–Crippen LogP) is 4.44. The smallest absolute Gasteiger partial charge is 0.255 e. The monoisotopic (exact) mass is 333 g/mol. The Morgan fingerprint density at radius 2 is 1.60 bits per heavy atom. The van der Waals surface area contributed by atoms with Gasteiger partial charge in [0.15, 0.2) is 0 Å². The Hall–Kier alpha value is -2.13. The molecule has 0 radical (unpaired) electrons. The number of ether oxygens (including phenoxy) is 1. The summed E-state index contributed by atoms with van der Waals surface area (Å²) in [6.07, 6.45) is 5.95. The summed E-state index contributed by atoms with van der Waals surface area (Å²) in [7, 11) is 0. The first-order valence-corrected chi connectivity index (χ1v) is 9.42. The zero-order valence-corrected chi connectivity index (χ0v) is 14.4. The number of hydrogen-bond donors (Lipinski definition) is 0. The van der Waals surface area contributed by atoms with Gasteiger partial charge in [-0.3, -0.25) is 4.79 Å². The molecule has 2 heterocycles. The molecular formula is C22H23NO2. The van der Waals surface area contributed by atoms with Crippen molar-refractivity contribution in [2.75, 3.05) is 6.61 Å². The number of carbonyl (C=O) groups excluding carboxylic acids is 1. The van der Waals surface area contributed by atoms with Gasteiger partial charge < -0.3 is 9.64 Å². The lowest BCUT2D eigenvalue weighted by atomic mass is 9.85. The molecule has 1 saturated carbocycles. The molecule has 1 aliphatic carbocycles. The van der Waals surface area contributed by atoms with Crippen molar-refractivity contribution in [1.82, 2.24) is 4.90 Å². The van der Waals surface area contributed by atoms with Crippen LogP contribution < -0.4 is 0 Å². The van der Waals surface area contributed by atoms with E-state index < -0.39 is 0 Å². The molecule has 2 aromatic rings. The molecule has 0 spiro atoms. The highest BCUT2D eigenvalue weighted by atomic mass is 16.6.